The molecule has 1 fully saturated rings. The van der Waals surface area contributed by atoms with Gasteiger partial charge in [0.25, 0.3) is 0 Å². The molecular formula is C14H24N4O2. The van der Waals surface area contributed by atoms with Gasteiger partial charge < -0.3 is 15.0 Å². The fourth-order valence-electron chi connectivity index (χ4n) is 2.34. The van der Waals surface area contributed by atoms with Gasteiger partial charge in [0, 0.05) is 25.4 Å². The molecule has 1 aliphatic heterocycles. The van der Waals surface area contributed by atoms with E-state index in [1.807, 2.05) is 25.1 Å². The fraction of sp³-hybridized carbons (Fsp3) is 0.714. The van der Waals surface area contributed by atoms with Gasteiger partial charge in [0.1, 0.15) is 0 Å². The van der Waals surface area contributed by atoms with Crippen molar-refractivity contribution in [2.45, 2.75) is 38.8 Å². The van der Waals surface area contributed by atoms with Crippen LogP contribution in [0.25, 0.3) is 0 Å². The van der Waals surface area contributed by atoms with Crippen molar-refractivity contribution in [2.75, 3.05) is 19.7 Å². The molecule has 2 rings (SSSR count). The molecule has 0 bridgehead atoms. The maximum atomic E-state index is 12.3. The van der Waals surface area contributed by atoms with E-state index in [0.717, 1.165) is 12.0 Å². The first kappa shape index (κ1) is 14.8. The minimum absolute atomic E-state index is 0.0377. The molecule has 2 heterocycles. The Morgan fingerprint density at radius 1 is 1.65 bits per heavy atom. The molecule has 112 valence electrons. The highest BCUT2D eigenvalue weighted by molar-refractivity contribution is 5.74. The first-order chi connectivity index (χ1) is 9.43. The zero-order valence-corrected chi connectivity index (χ0v) is 12.7. The third-order valence-corrected chi connectivity index (χ3v) is 3.94. The summed E-state index contributed by atoms with van der Waals surface area (Å²) in [6.45, 7) is 7.97. The number of hydrogen-bond donors (Lipinski definition) is 1. The van der Waals surface area contributed by atoms with Crippen molar-refractivity contribution in [2.24, 2.45) is 7.05 Å². The van der Waals surface area contributed by atoms with E-state index in [2.05, 4.69) is 24.3 Å². The summed E-state index contributed by atoms with van der Waals surface area (Å²) in [6.07, 6.45) is 4.59. The third-order valence-electron chi connectivity index (χ3n) is 3.94. The number of rotatable bonds is 3. The van der Waals surface area contributed by atoms with Crippen LogP contribution in [0.15, 0.2) is 12.4 Å². The predicted octanol–water partition coefficient (Wildman–Crippen LogP) is 1.69. The van der Waals surface area contributed by atoms with E-state index < -0.39 is 0 Å². The standard InChI is InChI=1S/C14H24N4O2/c1-5-14(3)10-18(6-7-20-14)13(19)16-11(2)12-8-15-17(4)9-12/h8-9,11H,5-7,10H2,1-4H3,(H,16,19)/t11-,14+/m0/s1. The lowest BCUT2D eigenvalue weighted by molar-refractivity contribution is -0.0874. The van der Waals surface area contributed by atoms with Crippen LogP contribution in [0.2, 0.25) is 0 Å². The Hall–Kier alpha value is -1.56. The Kier molecular flexibility index (Phi) is 4.32. The number of aryl methyl sites for hydroxylation is 1. The van der Waals surface area contributed by atoms with Crippen LogP contribution in [0.3, 0.4) is 0 Å². The van der Waals surface area contributed by atoms with E-state index in [0.29, 0.717) is 19.7 Å². The van der Waals surface area contributed by atoms with Crippen molar-refractivity contribution < 1.29 is 9.53 Å². The molecule has 1 saturated heterocycles. The minimum atomic E-state index is -0.229. The van der Waals surface area contributed by atoms with Gasteiger partial charge >= 0.3 is 6.03 Å². The summed E-state index contributed by atoms with van der Waals surface area (Å²) in [7, 11) is 1.87. The van der Waals surface area contributed by atoms with Crippen LogP contribution in [0, 0.1) is 0 Å². The highest BCUT2D eigenvalue weighted by Crippen LogP contribution is 2.21. The number of carbonyl (C=O) groups is 1. The quantitative estimate of drug-likeness (QED) is 0.916. The summed E-state index contributed by atoms with van der Waals surface area (Å²) in [5.41, 5.74) is 0.778. The van der Waals surface area contributed by atoms with E-state index in [4.69, 9.17) is 4.74 Å². The molecule has 0 aromatic carbocycles. The number of hydrogen-bond acceptors (Lipinski definition) is 3. The van der Waals surface area contributed by atoms with E-state index in [-0.39, 0.29) is 17.7 Å². The van der Waals surface area contributed by atoms with E-state index in [9.17, 15) is 4.79 Å². The smallest absolute Gasteiger partial charge is 0.318 e. The molecule has 1 N–H and O–H groups in total. The Balaban J connectivity index is 1.94. The number of aromatic nitrogens is 2. The minimum Gasteiger partial charge on any atom is -0.372 e. The first-order valence-electron chi connectivity index (χ1n) is 7.11. The molecule has 1 aromatic rings. The number of amides is 2. The van der Waals surface area contributed by atoms with Crippen LogP contribution in [-0.2, 0) is 11.8 Å². The number of ether oxygens (including phenoxy) is 1. The zero-order chi connectivity index (χ0) is 14.8. The van der Waals surface area contributed by atoms with Gasteiger partial charge in [0.05, 0.1) is 31.0 Å². The lowest BCUT2D eigenvalue weighted by Gasteiger charge is -2.40. The average Bonchev–Trinajstić information content (AvgIpc) is 2.85. The largest absolute Gasteiger partial charge is 0.372 e. The van der Waals surface area contributed by atoms with Crippen LogP contribution >= 0.6 is 0 Å². The number of urea groups is 1. The maximum Gasteiger partial charge on any atom is 0.318 e. The Bertz CT molecular complexity index is 473. The van der Waals surface area contributed by atoms with Gasteiger partial charge in [-0.15, -0.1) is 0 Å². The summed E-state index contributed by atoms with van der Waals surface area (Å²) in [6, 6.07) is -0.0868. The van der Waals surface area contributed by atoms with Gasteiger partial charge in [-0.25, -0.2) is 4.79 Å². The number of morpholine rings is 1. The van der Waals surface area contributed by atoms with Crippen molar-refractivity contribution in [3.8, 4) is 0 Å². The monoisotopic (exact) mass is 280 g/mol. The second-order valence-corrected chi connectivity index (χ2v) is 5.69. The average molecular weight is 280 g/mol. The van der Waals surface area contributed by atoms with Crippen LogP contribution in [0.5, 0.6) is 0 Å². The van der Waals surface area contributed by atoms with Crippen LogP contribution in [0.4, 0.5) is 4.79 Å². The summed E-state index contributed by atoms with van der Waals surface area (Å²) >= 11 is 0. The molecule has 6 heteroatoms. The van der Waals surface area contributed by atoms with Crippen LogP contribution in [0.1, 0.15) is 38.8 Å². The van der Waals surface area contributed by atoms with Crippen molar-refractivity contribution in [3.63, 3.8) is 0 Å². The predicted molar refractivity (Wildman–Crippen MR) is 76.4 cm³/mol. The summed E-state index contributed by atoms with van der Waals surface area (Å²) in [4.78, 5) is 14.2. The van der Waals surface area contributed by atoms with Crippen LogP contribution in [-0.4, -0.2) is 46.0 Å². The molecule has 2 atom stereocenters. The molecule has 0 spiro atoms. The molecule has 0 radical (unpaired) electrons. The van der Waals surface area contributed by atoms with Crippen molar-refractivity contribution in [1.82, 2.24) is 20.0 Å². The Morgan fingerprint density at radius 3 is 3.00 bits per heavy atom. The zero-order valence-electron chi connectivity index (χ0n) is 12.7. The third kappa shape index (κ3) is 3.30. The molecular weight excluding hydrogens is 256 g/mol. The number of nitrogens with one attached hydrogen (secondary N) is 1. The van der Waals surface area contributed by atoms with Crippen LogP contribution < -0.4 is 5.32 Å². The van der Waals surface area contributed by atoms with Crippen molar-refractivity contribution >= 4 is 6.03 Å². The lowest BCUT2D eigenvalue weighted by atomic mass is 10.0. The second kappa shape index (κ2) is 5.83. The highest BCUT2D eigenvalue weighted by atomic mass is 16.5. The normalized spacial score (nSPS) is 24.5. The number of nitrogens with zero attached hydrogens (tertiary/aromatic N) is 3. The highest BCUT2D eigenvalue weighted by Gasteiger charge is 2.32. The molecule has 2 amide bonds. The molecule has 0 saturated carbocycles. The van der Waals surface area contributed by atoms with E-state index >= 15 is 0 Å². The second-order valence-electron chi connectivity index (χ2n) is 5.69. The molecule has 1 aliphatic rings. The summed E-state index contributed by atoms with van der Waals surface area (Å²) in [5, 5.41) is 7.14. The van der Waals surface area contributed by atoms with Gasteiger partial charge in [0.2, 0.25) is 0 Å². The summed E-state index contributed by atoms with van der Waals surface area (Å²) in [5.74, 6) is 0. The Labute approximate surface area is 120 Å². The molecule has 0 aliphatic carbocycles. The summed E-state index contributed by atoms with van der Waals surface area (Å²) < 4.78 is 7.49. The van der Waals surface area contributed by atoms with Crippen molar-refractivity contribution in [1.29, 1.82) is 0 Å². The fourth-order valence-corrected chi connectivity index (χ4v) is 2.34. The lowest BCUT2D eigenvalue weighted by Crippen LogP contribution is -2.54. The number of carbonyl (C=O) groups excluding carboxylic acids is 1. The Morgan fingerprint density at radius 2 is 2.40 bits per heavy atom. The molecule has 1 aromatic heterocycles. The first-order valence-corrected chi connectivity index (χ1v) is 7.11. The van der Waals surface area contributed by atoms with Gasteiger partial charge in [-0.1, -0.05) is 6.92 Å². The van der Waals surface area contributed by atoms with Gasteiger partial charge in [-0.05, 0) is 20.3 Å². The SMILES string of the molecule is CC[C@]1(C)CN(C(=O)N[C@@H](C)c2cnn(C)c2)CCO1. The van der Waals surface area contributed by atoms with E-state index in [1.54, 1.807) is 10.9 Å². The van der Waals surface area contributed by atoms with Crippen molar-refractivity contribution in [3.05, 3.63) is 18.0 Å². The topological polar surface area (TPSA) is 59.4 Å². The maximum absolute atomic E-state index is 12.3. The van der Waals surface area contributed by atoms with E-state index in [1.165, 1.54) is 0 Å². The van der Waals surface area contributed by atoms with Gasteiger partial charge in [0.15, 0.2) is 0 Å². The van der Waals surface area contributed by atoms with Gasteiger partial charge in [-0.2, -0.15) is 5.10 Å². The molecule has 20 heavy (non-hydrogen) atoms. The molecule has 0 unspecified atom stereocenters. The molecule has 6 nitrogen and oxygen atoms in total. The van der Waals surface area contributed by atoms with Gasteiger partial charge in [-0.3, -0.25) is 4.68 Å².